The Bertz CT molecular complexity index is 619. The molecule has 1 saturated heterocycles. The molecule has 0 aliphatic carbocycles. The van der Waals surface area contributed by atoms with Crippen molar-refractivity contribution >= 4 is 27.5 Å². The van der Waals surface area contributed by atoms with Crippen LogP contribution in [0.1, 0.15) is 18.0 Å². The third-order valence-electron chi connectivity index (χ3n) is 4.10. The molecule has 3 rings (SSSR count). The second-order valence-electron chi connectivity index (χ2n) is 5.59. The van der Waals surface area contributed by atoms with E-state index < -0.39 is 0 Å². The maximum atomic E-state index is 12.5. The second kappa shape index (κ2) is 6.73. The molecule has 2 aromatic rings. The molecular formula is C16H21N3O2S. The average molecular weight is 319 g/mol. The lowest BCUT2D eigenvalue weighted by Crippen LogP contribution is -2.44. The Morgan fingerprint density at radius 1 is 1.41 bits per heavy atom. The lowest BCUT2D eigenvalue weighted by Gasteiger charge is -2.29. The predicted octanol–water partition coefficient (Wildman–Crippen LogP) is 2.15. The first-order valence-corrected chi connectivity index (χ1v) is 8.38. The van der Waals surface area contributed by atoms with E-state index in [1.807, 2.05) is 32.2 Å². The number of nitrogens with zero attached hydrogens (tertiary/aromatic N) is 3. The summed E-state index contributed by atoms with van der Waals surface area (Å²) in [6.45, 7) is 5.57. The molecule has 5 nitrogen and oxygen atoms in total. The molecule has 2 heterocycles. The van der Waals surface area contributed by atoms with Crippen LogP contribution in [-0.2, 0) is 9.53 Å². The number of hydrogen-bond donors (Lipinski definition) is 0. The van der Waals surface area contributed by atoms with E-state index in [0.717, 1.165) is 23.6 Å². The molecule has 118 valence electrons. The van der Waals surface area contributed by atoms with E-state index in [-0.39, 0.29) is 11.9 Å². The topological polar surface area (TPSA) is 45.7 Å². The summed E-state index contributed by atoms with van der Waals surface area (Å²) >= 11 is 1.66. The zero-order valence-electron chi connectivity index (χ0n) is 13.0. The van der Waals surface area contributed by atoms with Gasteiger partial charge in [-0.05, 0) is 19.1 Å². The Hall–Kier alpha value is -1.50. The van der Waals surface area contributed by atoms with E-state index in [9.17, 15) is 4.79 Å². The molecule has 0 spiro atoms. The molecule has 0 radical (unpaired) electrons. The summed E-state index contributed by atoms with van der Waals surface area (Å²) < 4.78 is 6.48. The van der Waals surface area contributed by atoms with Gasteiger partial charge in [0.1, 0.15) is 5.01 Å². The van der Waals surface area contributed by atoms with Crippen LogP contribution in [-0.4, -0.2) is 60.6 Å². The van der Waals surface area contributed by atoms with Crippen molar-refractivity contribution in [3.05, 3.63) is 29.3 Å². The van der Waals surface area contributed by atoms with Gasteiger partial charge in [0, 0.05) is 20.1 Å². The molecule has 0 N–H and O–H groups in total. The first-order valence-electron chi connectivity index (χ1n) is 7.56. The number of rotatable bonds is 4. The molecule has 22 heavy (non-hydrogen) atoms. The molecule has 1 amide bonds. The zero-order valence-corrected chi connectivity index (χ0v) is 13.8. The van der Waals surface area contributed by atoms with Gasteiger partial charge < -0.3 is 9.64 Å². The smallest absolute Gasteiger partial charge is 0.237 e. The van der Waals surface area contributed by atoms with E-state index in [4.69, 9.17) is 4.74 Å². The van der Waals surface area contributed by atoms with Crippen molar-refractivity contribution in [1.82, 2.24) is 14.8 Å². The fraction of sp³-hybridized carbons (Fsp3) is 0.500. The summed E-state index contributed by atoms with van der Waals surface area (Å²) in [6, 6.07) is 8.08. The van der Waals surface area contributed by atoms with Crippen molar-refractivity contribution < 1.29 is 9.53 Å². The third kappa shape index (κ3) is 3.29. The van der Waals surface area contributed by atoms with Crippen molar-refractivity contribution in [2.75, 3.05) is 39.9 Å². The first kappa shape index (κ1) is 15.4. The molecule has 6 heteroatoms. The van der Waals surface area contributed by atoms with Crippen LogP contribution in [0, 0.1) is 0 Å². The highest BCUT2D eigenvalue weighted by Crippen LogP contribution is 2.28. The Morgan fingerprint density at radius 3 is 2.86 bits per heavy atom. The summed E-state index contributed by atoms with van der Waals surface area (Å²) in [7, 11) is 1.86. The zero-order chi connectivity index (χ0) is 15.5. The highest BCUT2D eigenvalue weighted by Gasteiger charge is 2.23. The number of likely N-dealkylation sites (N-methyl/N-ethyl adjacent to an activating group) is 1. The van der Waals surface area contributed by atoms with Crippen molar-refractivity contribution in [3.8, 4) is 0 Å². The maximum absolute atomic E-state index is 12.5. The Kier molecular flexibility index (Phi) is 4.71. The van der Waals surface area contributed by atoms with Gasteiger partial charge in [-0.25, -0.2) is 4.98 Å². The molecule has 1 aromatic carbocycles. The van der Waals surface area contributed by atoms with Crippen molar-refractivity contribution in [2.24, 2.45) is 0 Å². The minimum absolute atomic E-state index is 0.00839. The predicted molar refractivity (Wildman–Crippen MR) is 88.1 cm³/mol. The van der Waals surface area contributed by atoms with Crippen LogP contribution >= 0.6 is 11.3 Å². The molecule has 1 aromatic heterocycles. The summed E-state index contributed by atoms with van der Waals surface area (Å²) in [6.07, 6.45) is 0. The van der Waals surface area contributed by atoms with Gasteiger partial charge in [0.15, 0.2) is 0 Å². The van der Waals surface area contributed by atoms with Crippen molar-refractivity contribution in [2.45, 2.75) is 13.0 Å². The van der Waals surface area contributed by atoms with Gasteiger partial charge in [-0.2, -0.15) is 0 Å². The van der Waals surface area contributed by atoms with Crippen LogP contribution in [0.15, 0.2) is 24.3 Å². The van der Waals surface area contributed by atoms with E-state index in [1.54, 1.807) is 16.2 Å². The number of carbonyl (C=O) groups is 1. The van der Waals surface area contributed by atoms with E-state index in [0.29, 0.717) is 19.8 Å². The number of ether oxygens (including phenoxy) is 1. The van der Waals surface area contributed by atoms with Crippen molar-refractivity contribution in [1.29, 1.82) is 0 Å². The summed E-state index contributed by atoms with van der Waals surface area (Å²) in [5.41, 5.74) is 1.00. The average Bonchev–Trinajstić information content (AvgIpc) is 2.98. The number of para-hydroxylation sites is 1. The molecule has 1 fully saturated rings. The number of aromatic nitrogens is 1. The Morgan fingerprint density at radius 2 is 2.14 bits per heavy atom. The summed E-state index contributed by atoms with van der Waals surface area (Å²) in [4.78, 5) is 21.1. The second-order valence-corrected chi connectivity index (χ2v) is 6.65. The molecule has 1 atom stereocenters. The molecule has 1 aliphatic rings. The Balaban J connectivity index is 1.67. The largest absolute Gasteiger partial charge is 0.379 e. The third-order valence-corrected chi connectivity index (χ3v) is 5.31. The van der Waals surface area contributed by atoms with Crippen LogP contribution in [0.5, 0.6) is 0 Å². The van der Waals surface area contributed by atoms with Gasteiger partial charge >= 0.3 is 0 Å². The molecule has 0 bridgehead atoms. The van der Waals surface area contributed by atoms with Gasteiger partial charge in [-0.3, -0.25) is 9.69 Å². The van der Waals surface area contributed by atoms with Crippen LogP contribution < -0.4 is 0 Å². The minimum atomic E-state index is -0.00839. The van der Waals surface area contributed by atoms with Crippen molar-refractivity contribution in [3.63, 3.8) is 0 Å². The van der Waals surface area contributed by atoms with E-state index >= 15 is 0 Å². The van der Waals surface area contributed by atoms with Gasteiger partial charge in [0.05, 0.1) is 36.0 Å². The molecule has 0 unspecified atom stereocenters. The van der Waals surface area contributed by atoms with E-state index in [2.05, 4.69) is 16.0 Å². The fourth-order valence-electron chi connectivity index (χ4n) is 2.51. The minimum Gasteiger partial charge on any atom is -0.379 e. The van der Waals surface area contributed by atoms with E-state index in [1.165, 1.54) is 4.70 Å². The number of carbonyl (C=O) groups excluding carboxylic acids is 1. The van der Waals surface area contributed by atoms with Gasteiger partial charge in [0.2, 0.25) is 5.91 Å². The molecule has 1 aliphatic heterocycles. The van der Waals surface area contributed by atoms with Gasteiger partial charge in [-0.15, -0.1) is 11.3 Å². The summed E-state index contributed by atoms with van der Waals surface area (Å²) in [5, 5.41) is 0.985. The van der Waals surface area contributed by atoms with Crippen LogP contribution in [0.3, 0.4) is 0 Å². The highest BCUT2D eigenvalue weighted by molar-refractivity contribution is 7.18. The van der Waals surface area contributed by atoms with Gasteiger partial charge in [-0.1, -0.05) is 12.1 Å². The summed E-state index contributed by atoms with van der Waals surface area (Å²) in [5.74, 6) is 0.133. The van der Waals surface area contributed by atoms with Gasteiger partial charge in [0.25, 0.3) is 0 Å². The molecule has 0 saturated carbocycles. The Labute approximate surface area is 134 Å². The van der Waals surface area contributed by atoms with Crippen LogP contribution in [0.4, 0.5) is 0 Å². The monoisotopic (exact) mass is 319 g/mol. The van der Waals surface area contributed by atoms with Crippen LogP contribution in [0.2, 0.25) is 0 Å². The lowest BCUT2D eigenvalue weighted by molar-refractivity contribution is -0.134. The number of morpholine rings is 1. The quantitative estimate of drug-likeness (QED) is 0.866. The maximum Gasteiger partial charge on any atom is 0.237 e. The number of amides is 1. The molecular weight excluding hydrogens is 298 g/mol. The highest BCUT2D eigenvalue weighted by atomic mass is 32.1. The van der Waals surface area contributed by atoms with Crippen LogP contribution in [0.25, 0.3) is 10.2 Å². The SMILES string of the molecule is C[C@H](c1nc2ccccc2s1)N(C)C(=O)CN1CCOCC1. The standard InChI is InChI=1S/C16H21N3O2S/c1-12(16-17-13-5-3-4-6-14(13)22-16)18(2)15(20)11-19-7-9-21-10-8-19/h3-6,12H,7-11H2,1-2H3/t12-/m1/s1. The number of thiazole rings is 1. The fourth-order valence-corrected chi connectivity index (χ4v) is 3.58. The number of benzene rings is 1. The number of fused-ring (bicyclic) bond motifs is 1. The first-order chi connectivity index (χ1) is 10.6. The normalized spacial score (nSPS) is 17.5. The lowest BCUT2D eigenvalue weighted by atomic mass is 10.3. The number of hydrogen-bond acceptors (Lipinski definition) is 5.